The van der Waals surface area contributed by atoms with Crippen LogP contribution < -0.4 is 0 Å². The Morgan fingerprint density at radius 3 is 2.34 bits per heavy atom. The molecule has 0 N–H and O–H groups in total. The van der Waals surface area contributed by atoms with Gasteiger partial charge in [0.05, 0.1) is 17.4 Å². The molecule has 2 fully saturated rings. The van der Waals surface area contributed by atoms with Crippen LogP contribution in [-0.4, -0.2) is 22.8 Å². The molecule has 165 valence electrons. The maximum atomic E-state index is 5.11. The van der Waals surface area contributed by atoms with Crippen LogP contribution in [-0.2, 0) is 13.1 Å². The first-order valence-electron chi connectivity index (χ1n) is 11.0. The van der Waals surface area contributed by atoms with Crippen molar-refractivity contribution in [2.24, 2.45) is 16.8 Å². The number of rotatable bonds is 5. The van der Waals surface area contributed by atoms with Crippen molar-refractivity contribution in [2.75, 3.05) is 0 Å². The quantitative estimate of drug-likeness (QED) is 0.312. The van der Waals surface area contributed by atoms with Gasteiger partial charge in [-0.15, -0.1) is 6.04 Å². The van der Waals surface area contributed by atoms with Gasteiger partial charge in [-0.25, -0.2) is 0 Å². The summed E-state index contributed by atoms with van der Waals surface area (Å²) in [6.07, 6.45) is 10.5. The van der Waals surface area contributed by atoms with Gasteiger partial charge in [-0.3, -0.25) is 9.98 Å². The van der Waals surface area contributed by atoms with Gasteiger partial charge in [0.15, 0.2) is 0 Å². The Morgan fingerprint density at radius 2 is 1.69 bits per heavy atom. The zero-order chi connectivity index (χ0) is 21.2. The van der Waals surface area contributed by atoms with Gasteiger partial charge in [0.1, 0.15) is 0 Å². The molecular weight excluding hydrogens is 445 g/mol. The van der Waals surface area contributed by atoms with Gasteiger partial charge >= 0.3 is 33.3 Å². The molecule has 0 aromatic carbocycles. The van der Waals surface area contributed by atoms with E-state index in [9.17, 15) is 0 Å². The maximum absolute atomic E-state index is 5.11. The number of pyridine rings is 1. The summed E-state index contributed by atoms with van der Waals surface area (Å²) in [6, 6.07) is 7.49. The van der Waals surface area contributed by atoms with E-state index in [2.05, 4.69) is 45.9 Å². The minimum atomic E-state index is 0.168. The van der Waals surface area contributed by atoms with Gasteiger partial charge in [0, 0.05) is 5.69 Å². The molecule has 0 spiro atoms. The van der Waals surface area contributed by atoms with E-state index in [1.54, 1.807) is 0 Å². The summed E-state index contributed by atoms with van der Waals surface area (Å²) in [4.78, 5) is 9.97. The van der Waals surface area contributed by atoms with Gasteiger partial charge in [-0.05, 0) is 37.8 Å². The summed E-state index contributed by atoms with van der Waals surface area (Å²) < 4.78 is 0. The van der Waals surface area contributed by atoms with Gasteiger partial charge < -0.3 is 5.32 Å². The van der Waals surface area contributed by atoms with Crippen LogP contribution in [0, 0.1) is 11.8 Å². The molecule has 0 aliphatic heterocycles. The predicted molar refractivity (Wildman–Crippen MR) is 123 cm³/mol. The zero-order valence-corrected chi connectivity index (χ0v) is 20.8. The second-order valence-electron chi connectivity index (χ2n) is 8.70. The molecule has 1 aromatic heterocycles. The molecule has 2 aliphatic rings. The summed E-state index contributed by atoms with van der Waals surface area (Å²) in [5.74, 6) is 1.41. The Labute approximate surface area is 192 Å². The molecule has 1 aromatic rings. The second-order valence-corrected chi connectivity index (χ2v) is 10.5. The van der Waals surface area contributed by atoms with E-state index in [1.807, 2.05) is 0 Å². The van der Waals surface area contributed by atoms with Crippen LogP contribution >= 0.6 is 20.2 Å². The summed E-state index contributed by atoms with van der Waals surface area (Å²) in [6.45, 7) is 9.02. The van der Waals surface area contributed by atoms with E-state index in [-0.39, 0.29) is 19.2 Å². The van der Waals surface area contributed by atoms with Crippen molar-refractivity contribution in [1.29, 1.82) is 0 Å². The molecule has 2 aliphatic carbocycles. The minimum absolute atomic E-state index is 0.168. The first kappa shape index (κ1) is 25.1. The topological polar surface area (TPSA) is 39.4 Å². The van der Waals surface area contributed by atoms with Crippen molar-refractivity contribution in [3.05, 3.63) is 34.9 Å². The third-order valence-corrected chi connectivity index (χ3v) is 6.48. The zero-order valence-electron chi connectivity index (χ0n) is 18.2. The van der Waals surface area contributed by atoms with Crippen LogP contribution in [0.3, 0.4) is 0 Å². The molecule has 2 saturated carbocycles. The monoisotopic (exact) mass is 480 g/mol. The summed E-state index contributed by atoms with van der Waals surface area (Å²) >= 11 is 0.194. The molecule has 6 heteroatoms. The molecule has 5 unspecified atom stereocenters. The first-order valence-corrected chi connectivity index (χ1v) is 14.1. The molecule has 29 heavy (non-hydrogen) atoms. The van der Waals surface area contributed by atoms with Gasteiger partial charge in [-0.2, -0.15) is 0 Å². The molecule has 5 atom stereocenters. The predicted octanol–water partition coefficient (Wildman–Crippen LogP) is 7.86. The van der Waals surface area contributed by atoms with Crippen LogP contribution in [0.4, 0.5) is 0 Å². The molecule has 0 amide bonds. The van der Waals surface area contributed by atoms with Crippen LogP contribution in [0.25, 0.3) is 5.32 Å². The van der Waals surface area contributed by atoms with Gasteiger partial charge in [0.2, 0.25) is 0 Å². The SMILES string of the molecule is CC(=NC1CCCCC1C)c1cccc(C(C)[N-]C2CCCCC2C)n1.[Cl][Fe+][Cl]. The Morgan fingerprint density at radius 1 is 1.07 bits per heavy atom. The van der Waals surface area contributed by atoms with E-state index in [1.165, 1.54) is 51.4 Å². The average molecular weight is 481 g/mol. The Bertz CT molecular complexity index is 640. The summed E-state index contributed by atoms with van der Waals surface area (Å²) in [5.41, 5.74) is 3.20. The summed E-state index contributed by atoms with van der Waals surface area (Å²) in [7, 11) is 9.53. The van der Waals surface area contributed by atoms with E-state index in [0.29, 0.717) is 23.9 Å². The second kappa shape index (κ2) is 13.3. The number of nitrogens with zero attached hydrogens (tertiary/aromatic N) is 3. The molecule has 0 saturated heterocycles. The van der Waals surface area contributed by atoms with Crippen molar-refractivity contribution in [3.63, 3.8) is 0 Å². The third kappa shape index (κ3) is 8.15. The first-order chi connectivity index (χ1) is 14.0. The average Bonchev–Trinajstić information content (AvgIpc) is 2.72. The van der Waals surface area contributed by atoms with Crippen LogP contribution in [0.5, 0.6) is 0 Å². The van der Waals surface area contributed by atoms with Crippen molar-refractivity contribution in [1.82, 2.24) is 4.98 Å². The van der Waals surface area contributed by atoms with Gasteiger partial charge in [-0.1, -0.05) is 77.3 Å². The summed E-state index contributed by atoms with van der Waals surface area (Å²) in [5, 5.41) is 5.11. The number of halogens is 2. The number of hydrogen-bond donors (Lipinski definition) is 0. The van der Waals surface area contributed by atoms with Crippen LogP contribution in [0.1, 0.15) is 96.5 Å². The molecule has 3 nitrogen and oxygen atoms in total. The fourth-order valence-corrected chi connectivity index (χ4v) is 4.57. The van der Waals surface area contributed by atoms with Crippen molar-refractivity contribution >= 4 is 25.9 Å². The standard InChI is InChI=1S/C23H36N3.2ClH.Fe/c1-16-10-5-7-12-20(16)24-18(3)22-14-9-15-23(26-22)19(4)25-21-13-8-6-11-17(21)2;;;/h9,14-18,20-21H,5-8,10-13H2,1-4H3;2*1H;/q-1;;;+3/p-2. The number of aliphatic imine (C=N–C) groups is 1. The van der Waals surface area contributed by atoms with Crippen LogP contribution in [0.2, 0.25) is 0 Å². The fraction of sp³-hybridized carbons (Fsp3) is 0.739. The van der Waals surface area contributed by atoms with Crippen molar-refractivity contribution in [3.8, 4) is 0 Å². The van der Waals surface area contributed by atoms with Crippen molar-refractivity contribution in [2.45, 2.75) is 97.2 Å². The van der Waals surface area contributed by atoms with Crippen molar-refractivity contribution < 1.29 is 13.1 Å². The van der Waals surface area contributed by atoms with Gasteiger partial charge in [0.25, 0.3) is 0 Å². The normalized spacial score (nSPS) is 29.0. The van der Waals surface area contributed by atoms with E-state index < -0.39 is 0 Å². The molecule has 0 radical (unpaired) electrons. The molecule has 3 rings (SSSR count). The number of aromatic nitrogens is 1. The fourth-order valence-electron chi connectivity index (χ4n) is 4.57. The molecular formula is C23H36Cl2FeN3. The van der Waals surface area contributed by atoms with Crippen LogP contribution in [0.15, 0.2) is 23.2 Å². The Hall–Kier alpha value is -0.121. The van der Waals surface area contributed by atoms with E-state index in [0.717, 1.165) is 17.1 Å². The Kier molecular flexibility index (Phi) is 11.6. The molecule has 0 bridgehead atoms. The molecule has 1 heterocycles. The van der Waals surface area contributed by atoms with E-state index in [4.69, 9.17) is 35.5 Å². The van der Waals surface area contributed by atoms with E-state index >= 15 is 0 Å². The Balaban J connectivity index is 0.000000941. The number of hydrogen-bond acceptors (Lipinski definition) is 2. The third-order valence-electron chi connectivity index (χ3n) is 6.48.